The molecule has 0 saturated carbocycles. The smallest absolute Gasteiger partial charge is 0.305 e. The van der Waals surface area contributed by atoms with E-state index in [1.807, 2.05) is 43.3 Å². The number of carbonyl (C=O) groups is 5. The van der Waals surface area contributed by atoms with E-state index in [9.17, 15) is 24.0 Å². The van der Waals surface area contributed by atoms with Crippen LogP contribution in [0.4, 0.5) is 0 Å². The molecule has 0 aliphatic rings. The van der Waals surface area contributed by atoms with Gasteiger partial charge in [0.25, 0.3) is 0 Å². The molecule has 0 bridgehead atoms. The van der Waals surface area contributed by atoms with Crippen molar-refractivity contribution in [3.8, 4) is 0 Å². The molecule has 0 aromatic heterocycles. The first kappa shape index (κ1) is 32.0. The van der Waals surface area contributed by atoms with Crippen LogP contribution >= 0.6 is 0 Å². The van der Waals surface area contributed by atoms with Crippen molar-refractivity contribution in [2.75, 3.05) is 6.54 Å². The Labute approximate surface area is 234 Å². The van der Waals surface area contributed by atoms with Gasteiger partial charge in [-0.1, -0.05) is 67.1 Å². The molecule has 4 atom stereocenters. The average Bonchev–Trinajstić information content (AvgIpc) is 2.93. The number of hydrogen-bond acceptors (Lipinski definition) is 6. The van der Waals surface area contributed by atoms with Crippen LogP contribution in [-0.4, -0.2) is 65.9 Å². The third kappa shape index (κ3) is 11.6. The molecule has 2 aromatic carbocycles. The summed E-state index contributed by atoms with van der Waals surface area (Å²) in [6.45, 7) is 2.45. The van der Waals surface area contributed by atoms with Crippen molar-refractivity contribution in [1.82, 2.24) is 21.3 Å². The minimum absolute atomic E-state index is 0.0778. The molecule has 11 heteroatoms. The lowest BCUT2D eigenvalue weighted by molar-refractivity contribution is -0.140. The van der Waals surface area contributed by atoms with E-state index in [0.717, 1.165) is 30.4 Å². The zero-order chi connectivity index (χ0) is 29.3. The molecule has 2 rings (SSSR count). The SMILES string of the molecule is CC(CCCCN)NC(=O)C(Cc1ccccc1)NC(=O)C(Cc1ccccc1)NC(=O)C(CC(=O)O)NC=O. The van der Waals surface area contributed by atoms with Gasteiger partial charge in [-0.15, -0.1) is 0 Å². The van der Waals surface area contributed by atoms with Crippen molar-refractivity contribution in [1.29, 1.82) is 0 Å². The fourth-order valence-corrected chi connectivity index (χ4v) is 4.16. The van der Waals surface area contributed by atoms with E-state index in [2.05, 4.69) is 21.3 Å². The molecule has 4 unspecified atom stereocenters. The Hall–Kier alpha value is -4.25. The molecule has 0 heterocycles. The van der Waals surface area contributed by atoms with Gasteiger partial charge in [0.2, 0.25) is 24.1 Å². The average molecular weight is 554 g/mol. The Morgan fingerprint density at radius 3 is 1.70 bits per heavy atom. The van der Waals surface area contributed by atoms with Crippen molar-refractivity contribution in [3.63, 3.8) is 0 Å². The van der Waals surface area contributed by atoms with Crippen molar-refractivity contribution in [2.24, 2.45) is 5.73 Å². The van der Waals surface area contributed by atoms with Gasteiger partial charge in [0.15, 0.2) is 0 Å². The van der Waals surface area contributed by atoms with Gasteiger partial charge >= 0.3 is 5.97 Å². The highest BCUT2D eigenvalue weighted by atomic mass is 16.4. The molecule has 0 fully saturated rings. The Kier molecular flexibility index (Phi) is 13.9. The summed E-state index contributed by atoms with van der Waals surface area (Å²) in [5, 5.41) is 19.6. The van der Waals surface area contributed by atoms with Gasteiger partial charge < -0.3 is 32.1 Å². The van der Waals surface area contributed by atoms with E-state index in [1.54, 1.807) is 24.3 Å². The minimum atomic E-state index is -1.38. The van der Waals surface area contributed by atoms with Crippen molar-refractivity contribution >= 4 is 30.1 Å². The predicted molar refractivity (Wildman–Crippen MR) is 150 cm³/mol. The van der Waals surface area contributed by atoms with E-state index in [0.29, 0.717) is 6.54 Å². The Morgan fingerprint density at radius 2 is 1.25 bits per heavy atom. The third-order valence-electron chi connectivity index (χ3n) is 6.28. The molecule has 0 aliphatic heterocycles. The highest BCUT2D eigenvalue weighted by molar-refractivity contribution is 5.94. The molecule has 11 nitrogen and oxygen atoms in total. The quantitative estimate of drug-likeness (QED) is 0.116. The summed E-state index contributed by atoms with van der Waals surface area (Å²) in [5.41, 5.74) is 7.13. The van der Waals surface area contributed by atoms with Crippen LogP contribution < -0.4 is 27.0 Å². The Morgan fingerprint density at radius 1 is 0.775 bits per heavy atom. The summed E-state index contributed by atoms with van der Waals surface area (Å²) < 4.78 is 0. The van der Waals surface area contributed by atoms with Gasteiger partial charge in [-0.05, 0) is 37.4 Å². The largest absolute Gasteiger partial charge is 0.481 e. The first-order valence-corrected chi connectivity index (χ1v) is 13.3. The van der Waals surface area contributed by atoms with Gasteiger partial charge in [0.05, 0.1) is 6.42 Å². The normalized spacial score (nSPS) is 13.7. The number of carboxylic acid groups (broad SMARTS) is 1. The van der Waals surface area contributed by atoms with Gasteiger partial charge in [0, 0.05) is 18.9 Å². The van der Waals surface area contributed by atoms with Crippen LogP contribution in [0.15, 0.2) is 60.7 Å². The van der Waals surface area contributed by atoms with Gasteiger partial charge in [-0.25, -0.2) is 0 Å². The molecule has 0 spiro atoms. The molecule has 0 aliphatic carbocycles. The van der Waals surface area contributed by atoms with Crippen LogP contribution in [0.5, 0.6) is 0 Å². The van der Waals surface area contributed by atoms with Gasteiger partial charge in [-0.2, -0.15) is 0 Å². The van der Waals surface area contributed by atoms with Crippen LogP contribution in [0.2, 0.25) is 0 Å². The number of carboxylic acids is 1. The number of carbonyl (C=O) groups excluding carboxylic acids is 4. The second-order valence-corrected chi connectivity index (χ2v) is 9.63. The highest BCUT2D eigenvalue weighted by Gasteiger charge is 2.30. The van der Waals surface area contributed by atoms with Crippen LogP contribution in [0, 0.1) is 0 Å². The maximum atomic E-state index is 13.6. The number of nitrogens with one attached hydrogen (secondary N) is 4. The van der Waals surface area contributed by atoms with E-state index in [1.165, 1.54) is 0 Å². The molecule has 40 heavy (non-hydrogen) atoms. The van der Waals surface area contributed by atoms with Crippen LogP contribution in [0.1, 0.15) is 43.7 Å². The van der Waals surface area contributed by atoms with E-state index >= 15 is 0 Å². The lowest BCUT2D eigenvalue weighted by Crippen LogP contribution is -2.58. The van der Waals surface area contributed by atoms with E-state index in [4.69, 9.17) is 10.8 Å². The summed E-state index contributed by atoms with van der Waals surface area (Å²) >= 11 is 0. The molecule has 216 valence electrons. The fourth-order valence-electron chi connectivity index (χ4n) is 4.16. The summed E-state index contributed by atoms with van der Waals surface area (Å²) in [4.78, 5) is 61.9. The number of rotatable bonds is 18. The van der Waals surface area contributed by atoms with Crippen molar-refractivity contribution in [3.05, 3.63) is 71.8 Å². The first-order valence-electron chi connectivity index (χ1n) is 13.3. The number of nitrogens with two attached hydrogens (primary N) is 1. The van der Waals surface area contributed by atoms with E-state index < -0.39 is 42.3 Å². The predicted octanol–water partition coefficient (Wildman–Crippen LogP) is 0.664. The molecule has 7 N–H and O–H groups in total. The molecular weight excluding hydrogens is 514 g/mol. The fraction of sp³-hybridized carbons (Fsp3) is 0.414. The lowest BCUT2D eigenvalue weighted by atomic mass is 10.0. The lowest BCUT2D eigenvalue weighted by Gasteiger charge is -2.26. The number of benzene rings is 2. The van der Waals surface area contributed by atoms with Crippen LogP contribution in [0.25, 0.3) is 0 Å². The molecule has 2 aromatic rings. The zero-order valence-electron chi connectivity index (χ0n) is 22.7. The second kappa shape index (κ2) is 17.4. The summed E-state index contributed by atoms with van der Waals surface area (Å²) in [6, 6.07) is 14.6. The number of aliphatic carboxylic acids is 1. The number of amides is 4. The van der Waals surface area contributed by atoms with Crippen molar-refractivity contribution < 1.29 is 29.1 Å². The Bertz CT molecular complexity index is 1100. The third-order valence-corrected chi connectivity index (χ3v) is 6.28. The van der Waals surface area contributed by atoms with E-state index in [-0.39, 0.29) is 31.2 Å². The first-order chi connectivity index (χ1) is 19.2. The Balaban J connectivity index is 2.26. The van der Waals surface area contributed by atoms with Crippen LogP contribution in [-0.2, 0) is 36.8 Å². The summed E-state index contributed by atoms with van der Waals surface area (Å²) in [6.07, 6.45) is 2.29. The molecule has 4 amide bonds. The zero-order valence-corrected chi connectivity index (χ0v) is 22.7. The summed E-state index contributed by atoms with van der Waals surface area (Å²) in [5.74, 6) is -3.11. The van der Waals surface area contributed by atoms with Crippen LogP contribution in [0.3, 0.4) is 0 Å². The standard InChI is InChI=1S/C29H39N5O6/c1-20(10-8-9-15-30)32-28(39)24(16-21-11-4-2-5-12-21)34-29(40)25(17-22-13-6-3-7-14-22)33-27(38)23(31-19-35)18-26(36)37/h2-7,11-14,19-20,23-25H,8-10,15-18,30H2,1H3,(H,31,35)(H,32,39)(H,33,38)(H,34,40)(H,36,37). The second-order valence-electron chi connectivity index (χ2n) is 9.63. The van der Waals surface area contributed by atoms with Gasteiger partial charge in [0.1, 0.15) is 18.1 Å². The molecular formula is C29H39N5O6. The number of hydrogen-bond donors (Lipinski definition) is 6. The maximum Gasteiger partial charge on any atom is 0.305 e. The topological polar surface area (TPSA) is 180 Å². The van der Waals surface area contributed by atoms with Crippen molar-refractivity contribution in [2.45, 2.75) is 69.6 Å². The minimum Gasteiger partial charge on any atom is -0.481 e. The maximum absolute atomic E-state index is 13.6. The highest BCUT2D eigenvalue weighted by Crippen LogP contribution is 2.09. The van der Waals surface area contributed by atoms with Gasteiger partial charge in [-0.3, -0.25) is 24.0 Å². The number of unbranched alkanes of at least 4 members (excludes halogenated alkanes) is 1. The molecule has 0 radical (unpaired) electrons. The summed E-state index contributed by atoms with van der Waals surface area (Å²) in [7, 11) is 0. The molecule has 0 saturated heterocycles. The monoisotopic (exact) mass is 553 g/mol.